The second-order valence-corrected chi connectivity index (χ2v) is 6.53. The van der Waals surface area contributed by atoms with Gasteiger partial charge in [0.2, 0.25) is 5.91 Å². The summed E-state index contributed by atoms with van der Waals surface area (Å²) in [5, 5.41) is 23.4. The van der Waals surface area contributed by atoms with Crippen LogP contribution in [0.4, 0.5) is 11.4 Å². The van der Waals surface area contributed by atoms with Gasteiger partial charge in [-0.25, -0.2) is 4.98 Å². The maximum absolute atomic E-state index is 12.1. The Morgan fingerprint density at radius 2 is 2.16 bits per heavy atom. The molecule has 1 N–H and O–H groups in total. The van der Waals surface area contributed by atoms with Crippen LogP contribution in [0, 0.1) is 35.3 Å². The highest BCUT2D eigenvalue weighted by atomic mass is 35.5. The van der Waals surface area contributed by atoms with Gasteiger partial charge in [0.05, 0.1) is 16.2 Å². The molecule has 0 atom stereocenters. The number of nitriles is 1. The number of amides is 1. The molecule has 1 aromatic heterocycles. The van der Waals surface area contributed by atoms with Gasteiger partial charge < -0.3 is 5.32 Å². The van der Waals surface area contributed by atoms with Gasteiger partial charge in [0, 0.05) is 16.8 Å². The second kappa shape index (κ2) is 7.96. The van der Waals surface area contributed by atoms with Crippen molar-refractivity contribution in [3.05, 3.63) is 56.2 Å². The fourth-order valence-electron chi connectivity index (χ4n) is 2.12. The van der Waals surface area contributed by atoms with Crippen LogP contribution < -0.4 is 5.32 Å². The van der Waals surface area contributed by atoms with Gasteiger partial charge in [-0.15, -0.1) is 0 Å². The van der Waals surface area contributed by atoms with Gasteiger partial charge in [0.1, 0.15) is 16.8 Å². The average Bonchev–Trinajstić information content (AvgIpc) is 2.54. The fraction of sp³-hybridized carbons (Fsp3) is 0.188. The lowest BCUT2D eigenvalue weighted by Gasteiger charge is -2.08. The minimum atomic E-state index is -0.617. The number of carbonyl (C=O) groups is 1. The Kier molecular flexibility index (Phi) is 5.96. The smallest absolute Gasteiger partial charge is 0.294 e. The first-order valence-corrected chi connectivity index (χ1v) is 8.43. The van der Waals surface area contributed by atoms with E-state index >= 15 is 0 Å². The first kappa shape index (κ1) is 18.7. The third-order valence-electron chi connectivity index (χ3n) is 3.19. The van der Waals surface area contributed by atoms with E-state index < -0.39 is 10.8 Å². The summed E-state index contributed by atoms with van der Waals surface area (Å²) in [5.41, 5.74) is 1.72. The lowest BCUT2D eigenvalue weighted by Crippen LogP contribution is -2.15. The molecular formula is C16H13ClN4O3S. The Hall–Kier alpha value is -2.63. The van der Waals surface area contributed by atoms with Crippen molar-refractivity contribution in [2.45, 2.75) is 18.9 Å². The van der Waals surface area contributed by atoms with E-state index in [4.69, 9.17) is 11.6 Å². The van der Waals surface area contributed by atoms with Gasteiger partial charge >= 0.3 is 0 Å². The third-order valence-corrected chi connectivity index (χ3v) is 4.40. The highest BCUT2D eigenvalue weighted by Crippen LogP contribution is 2.28. The minimum Gasteiger partial charge on any atom is -0.320 e. The molecule has 0 aliphatic heterocycles. The van der Waals surface area contributed by atoms with Crippen LogP contribution in [-0.4, -0.2) is 21.6 Å². The van der Waals surface area contributed by atoms with E-state index in [1.54, 1.807) is 19.9 Å². The van der Waals surface area contributed by atoms with Crippen molar-refractivity contribution in [1.29, 1.82) is 5.26 Å². The Balaban J connectivity index is 2.13. The molecule has 25 heavy (non-hydrogen) atoms. The van der Waals surface area contributed by atoms with Crippen LogP contribution >= 0.6 is 23.4 Å². The third kappa shape index (κ3) is 4.68. The molecule has 7 nitrogen and oxygen atoms in total. The minimum absolute atomic E-state index is 0.0373. The van der Waals surface area contributed by atoms with Gasteiger partial charge in [-0.1, -0.05) is 23.4 Å². The molecule has 2 rings (SSSR count). The van der Waals surface area contributed by atoms with Crippen molar-refractivity contribution in [2.24, 2.45) is 0 Å². The molecule has 1 amide bonds. The molecule has 0 unspecified atom stereocenters. The summed E-state index contributed by atoms with van der Waals surface area (Å²) in [6.07, 6.45) is 0. The molecule has 2 aromatic rings. The van der Waals surface area contributed by atoms with E-state index in [0.29, 0.717) is 10.6 Å². The standard InChI is InChI=1S/C16H13ClN4O3S/c1-9-5-10(2)19-16(12(9)7-18)25-8-15(22)20-13-4-3-11(17)6-14(13)21(23)24/h3-6H,8H2,1-2H3,(H,20,22). The van der Waals surface area contributed by atoms with Crippen LogP contribution in [0.2, 0.25) is 5.02 Å². The largest absolute Gasteiger partial charge is 0.320 e. The molecule has 0 fully saturated rings. The highest BCUT2D eigenvalue weighted by Gasteiger charge is 2.17. The topological polar surface area (TPSA) is 109 Å². The number of thioether (sulfide) groups is 1. The predicted octanol–water partition coefficient (Wildman–Crippen LogP) is 3.86. The Bertz CT molecular complexity index is 896. The Morgan fingerprint density at radius 3 is 2.80 bits per heavy atom. The van der Waals surface area contributed by atoms with Crippen LogP contribution in [0.25, 0.3) is 0 Å². The molecule has 1 aromatic carbocycles. The number of nitrogens with one attached hydrogen (secondary N) is 1. The summed E-state index contributed by atoms with van der Waals surface area (Å²) in [6.45, 7) is 3.60. The molecule has 0 spiro atoms. The van der Waals surface area contributed by atoms with Crippen LogP contribution in [0.3, 0.4) is 0 Å². The molecule has 0 aliphatic rings. The summed E-state index contributed by atoms with van der Waals surface area (Å²) < 4.78 is 0. The van der Waals surface area contributed by atoms with Gasteiger partial charge in [-0.05, 0) is 37.6 Å². The summed E-state index contributed by atoms with van der Waals surface area (Å²) in [7, 11) is 0. The number of rotatable bonds is 5. The number of aryl methyl sites for hydroxylation is 2. The first-order chi connectivity index (χ1) is 11.8. The molecular weight excluding hydrogens is 364 g/mol. The van der Waals surface area contributed by atoms with Crippen LogP contribution in [-0.2, 0) is 4.79 Å². The summed E-state index contributed by atoms with van der Waals surface area (Å²) >= 11 is 6.84. The number of nitro groups is 1. The first-order valence-electron chi connectivity index (χ1n) is 7.06. The van der Waals surface area contributed by atoms with E-state index in [9.17, 15) is 20.2 Å². The normalized spacial score (nSPS) is 10.2. The second-order valence-electron chi connectivity index (χ2n) is 5.13. The number of nitrogens with zero attached hydrogens (tertiary/aromatic N) is 3. The molecule has 9 heteroatoms. The number of carbonyl (C=O) groups excluding carboxylic acids is 1. The van der Waals surface area contributed by atoms with E-state index in [1.807, 2.05) is 0 Å². The van der Waals surface area contributed by atoms with E-state index in [2.05, 4.69) is 16.4 Å². The highest BCUT2D eigenvalue weighted by molar-refractivity contribution is 8.00. The molecule has 128 valence electrons. The summed E-state index contributed by atoms with van der Waals surface area (Å²) in [5.74, 6) is -0.482. The summed E-state index contributed by atoms with van der Waals surface area (Å²) in [6, 6.07) is 7.87. The van der Waals surface area contributed by atoms with Crippen molar-refractivity contribution in [3.63, 3.8) is 0 Å². The average molecular weight is 377 g/mol. The lowest BCUT2D eigenvalue weighted by atomic mass is 10.1. The quantitative estimate of drug-likeness (QED) is 0.482. The Morgan fingerprint density at radius 1 is 1.44 bits per heavy atom. The number of hydrogen-bond acceptors (Lipinski definition) is 6. The number of halogens is 1. The van der Waals surface area contributed by atoms with Crippen molar-refractivity contribution in [1.82, 2.24) is 4.98 Å². The van der Waals surface area contributed by atoms with Crippen molar-refractivity contribution in [3.8, 4) is 6.07 Å². The maximum Gasteiger partial charge on any atom is 0.294 e. The van der Waals surface area contributed by atoms with Gasteiger partial charge in [-0.2, -0.15) is 5.26 Å². The number of anilines is 1. The molecule has 0 saturated carbocycles. The van der Waals surface area contributed by atoms with Crippen LogP contribution in [0.1, 0.15) is 16.8 Å². The van der Waals surface area contributed by atoms with Gasteiger partial charge in [0.25, 0.3) is 5.69 Å². The number of benzene rings is 1. The Labute approximate surface area is 153 Å². The van der Waals surface area contributed by atoms with Crippen molar-refractivity contribution < 1.29 is 9.72 Å². The zero-order valence-electron chi connectivity index (χ0n) is 13.4. The number of hydrogen-bond donors (Lipinski definition) is 1. The molecule has 0 aliphatic carbocycles. The summed E-state index contributed by atoms with van der Waals surface area (Å²) in [4.78, 5) is 26.8. The van der Waals surface area contributed by atoms with E-state index in [-0.39, 0.29) is 22.2 Å². The number of nitro benzene ring substituents is 1. The number of pyridine rings is 1. The molecule has 1 heterocycles. The molecule has 0 radical (unpaired) electrons. The van der Waals surface area contributed by atoms with Gasteiger partial charge in [0.15, 0.2) is 0 Å². The van der Waals surface area contributed by atoms with Gasteiger partial charge in [-0.3, -0.25) is 14.9 Å². The van der Waals surface area contributed by atoms with Crippen LogP contribution in [0.5, 0.6) is 0 Å². The molecule has 0 bridgehead atoms. The van der Waals surface area contributed by atoms with Crippen molar-refractivity contribution >= 4 is 40.6 Å². The SMILES string of the molecule is Cc1cc(C)c(C#N)c(SCC(=O)Nc2ccc(Cl)cc2[N+](=O)[O-])n1. The monoisotopic (exact) mass is 376 g/mol. The zero-order chi connectivity index (χ0) is 18.6. The van der Waals surface area contributed by atoms with E-state index in [0.717, 1.165) is 23.0 Å². The van der Waals surface area contributed by atoms with Crippen LogP contribution in [0.15, 0.2) is 29.3 Å². The fourth-order valence-corrected chi connectivity index (χ4v) is 3.19. The predicted molar refractivity (Wildman–Crippen MR) is 95.9 cm³/mol. The lowest BCUT2D eigenvalue weighted by molar-refractivity contribution is -0.383. The zero-order valence-corrected chi connectivity index (χ0v) is 14.9. The maximum atomic E-state index is 12.1. The van der Waals surface area contributed by atoms with Crippen molar-refractivity contribution in [2.75, 3.05) is 11.1 Å². The molecule has 0 saturated heterocycles. The van der Waals surface area contributed by atoms with E-state index in [1.165, 1.54) is 18.2 Å². The number of aromatic nitrogens is 1.